The Morgan fingerprint density at radius 2 is 2.07 bits per heavy atom. The van der Waals surface area contributed by atoms with Crippen molar-refractivity contribution in [1.29, 1.82) is 0 Å². The summed E-state index contributed by atoms with van der Waals surface area (Å²) in [6.07, 6.45) is -1.62. The van der Waals surface area contributed by atoms with Gasteiger partial charge in [0.2, 0.25) is 0 Å². The normalized spacial score (nSPS) is 12.2. The molecular weight excluding hydrogens is 384 g/mol. The largest absolute Gasteiger partial charge is 0.573 e. The minimum absolute atomic E-state index is 0.0158. The van der Waals surface area contributed by atoms with Crippen molar-refractivity contribution in [1.82, 2.24) is 9.97 Å². The highest BCUT2D eigenvalue weighted by atomic mass is 19.4. The maximum Gasteiger partial charge on any atom is 0.573 e. The molecule has 1 heterocycles. The Balaban J connectivity index is 2.38. The van der Waals surface area contributed by atoms with Gasteiger partial charge in [0.15, 0.2) is 11.6 Å². The van der Waals surface area contributed by atoms with E-state index in [0.29, 0.717) is 0 Å². The first-order chi connectivity index (χ1) is 13.1. The molecule has 0 bridgehead atoms. The Morgan fingerprint density at radius 1 is 1.36 bits per heavy atom. The lowest BCUT2D eigenvalue weighted by atomic mass is 10.1. The number of ether oxygens (including phenoxy) is 1. The second-order valence-corrected chi connectivity index (χ2v) is 5.10. The van der Waals surface area contributed by atoms with Gasteiger partial charge >= 0.3 is 6.36 Å². The molecular formula is C16H14F4N6O2. The molecule has 0 atom stereocenters. The van der Waals surface area contributed by atoms with Gasteiger partial charge in [-0.1, -0.05) is 0 Å². The van der Waals surface area contributed by atoms with Crippen LogP contribution in [-0.2, 0) is 4.79 Å². The Labute approximate surface area is 155 Å². The fourth-order valence-corrected chi connectivity index (χ4v) is 2.10. The highest BCUT2D eigenvalue weighted by Crippen LogP contribution is 2.35. The van der Waals surface area contributed by atoms with Crippen LogP contribution < -0.4 is 21.5 Å². The van der Waals surface area contributed by atoms with Crippen LogP contribution in [0.25, 0.3) is 11.3 Å². The molecule has 0 saturated heterocycles. The molecule has 0 aliphatic rings. The molecule has 0 radical (unpaired) electrons. The third kappa shape index (κ3) is 5.16. The standard InChI is InChI=1S/C16H14F4N6O2/c1-23-10(4-5-21)15(27)26-12-7-24-13(14(22)25-12)9-6-8(17)2-3-11(9)28-16(18,19)20/h2-7H,21H2,1H3,(H3,22,25,26,27). The van der Waals surface area contributed by atoms with Gasteiger partial charge in [-0.25, -0.2) is 14.4 Å². The number of carbonyl (C=O) groups excluding carboxylic acids is 1. The first-order valence-corrected chi connectivity index (χ1v) is 7.49. The number of aliphatic imine (C=N–C) groups is 1. The SMILES string of the molecule is CN=C(C=CN)C(=O)Nc1cnc(-c2cc(F)ccc2OC(F)(F)F)c(N)n1. The Hall–Kier alpha value is -3.70. The number of hydrogen-bond acceptors (Lipinski definition) is 7. The van der Waals surface area contributed by atoms with Gasteiger partial charge in [-0.2, -0.15) is 0 Å². The van der Waals surface area contributed by atoms with E-state index in [-0.39, 0.29) is 28.6 Å². The van der Waals surface area contributed by atoms with Gasteiger partial charge in [-0.3, -0.25) is 9.79 Å². The molecule has 0 aliphatic heterocycles. The van der Waals surface area contributed by atoms with Crippen molar-refractivity contribution in [2.24, 2.45) is 10.7 Å². The third-order valence-electron chi connectivity index (χ3n) is 3.19. The first-order valence-electron chi connectivity index (χ1n) is 7.49. The summed E-state index contributed by atoms with van der Waals surface area (Å²) in [5, 5.41) is 2.35. The van der Waals surface area contributed by atoms with Crippen LogP contribution in [0.15, 0.2) is 41.7 Å². The van der Waals surface area contributed by atoms with Crippen LogP contribution in [0.5, 0.6) is 5.75 Å². The first kappa shape index (κ1) is 20.6. The predicted octanol–water partition coefficient (Wildman–Crippen LogP) is 2.25. The third-order valence-corrected chi connectivity index (χ3v) is 3.19. The maximum atomic E-state index is 13.5. The fraction of sp³-hybridized carbons (Fsp3) is 0.125. The van der Waals surface area contributed by atoms with E-state index < -0.39 is 23.8 Å². The second-order valence-electron chi connectivity index (χ2n) is 5.10. The lowest BCUT2D eigenvalue weighted by Gasteiger charge is -2.14. The van der Waals surface area contributed by atoms with E-state index in [1.165, 1.54) is 13.1 Å². The molecule has 28 heavy (non-hydrogen) atoms. The van der Waals surface area contributed by atoms with Crippen LogP contribution in [0.1, 0.15) is 0 Å². The number of rotatable bonds is 5. The molecule has 12 heteroatoms. The van der Waals surface area contributed by atoms with Crippen LogP contribution in [0.2, 0.25) is 0 Å². The Morgan fingerprint density at radius 3 is 2.64 bits per heavy atom. The summed E-state index contributed by atoms with van der Waals surface area (Å²) in [5.41, 5.74) is 10.3. The summed E-state index contributed by atoms with van der Waals surface area (Å²) < 4.78 is 55.1. The van der Waals surface area contributed by atoms with Gasteiger partial charge in [-0.15, -0.1) is 13.2 Å². The molecule has 0 fully saturated rings. The molecule has 1 aromatic heterocycles. The molecule has 5 N–H and O–H groups in total. The average Bonchev–Trinajstić information content (AvgIpc) is 2.60. The number of nitrogens with zero attached hydrogens (tertiary/aromatic N) is 3. The number of nitrogens with two attached hydrogens (primary N) is 2. The van der Waals surface area contributed by atoms with Crippen molar-refractivity contribution in [3.05, 3.63) is 42.5 Å². The Bertz CT molecular complexity index is 943. The van der Waals surface area contributed by atoms with Crippen molar-refractivity contribution >= 4 is 23.3 Å². The zero-order valence-corrected chi connectivity index (χ0v) is 14.3. The zero-order chi connectivity index (χ0) is 20.9. The number of nitrogen functional groups attached to an aromatic ring is 1. The number of carbonyl (C=O) groups is 1. The quantitative estimate of drug-likeness (QED) is 0.523. The zero-order valence-electron chi connectivity index (χ0n) is 14.3. The van der Waals surface area contributed by atoms with Gasteiger partial charge in [0.05, 0.1) is 6.20 Å². The molecule has 2 aromatic rings. The van der Waals surface area contributed by atoms with Crippen LogP contribution >= 0.6 is 0 Å². The number of benzene rings is 1. The number of hydrogen-bond donors (Lipinski definition) is 3. The molecule has 0 aliphatic carbocycles. The lowest BCUT2D eigenvalue weighted by molar-refractivity contribution is -0.274. The summed E-state index contributed by atoms with van der Waals surface area (Å²) in [7, 11) is 1.37. The van der Waals surface area contributed by atoms with Crippen molar-refractivity contribution < 1.29 is 27.1 Å². The number of nitrogens with one attached hydrogen (secondary N) is 1. The molecule has 2 rings (SSSR count). The van der Waals surface area contributed by atoms with Gasteiger partial charge in [-0.05, 0) is 30.5 Å². The topological polar surface area (TPSA) is 129 Å². The van der Waals surface area contributed by atoms with E-state index in [1.807, 2.05) is 0 Å². The van der Waals surface area contributed by atoms with Gasteiger partial charge in [0.25, 0.3) is 5.91 Å². The molecule has 8 nitrogen and oxygen atoms in total. The van der Waals surface area contributed by atoms with Crippen molar-refractivity contribution in [3.8, 4) is 17.0 Å². The van der Waals surface area contributed by atoms with Crippen molar-refractivity contribution in [2.45, 2.75) is 6.36 Å². The van der Waals surface area contributed by atoms with Gasteiger partial charge in [0.1, 0.15) is 23.0 Å². The van der Waals surface area contributed by atoms with Crippen molar-refractivity contribution in [3.63, 3.8) is 0 Å². The molecule has 148 valence electrons. The molecule has 1 amide bonds. The number of amides is 1. The van der Waals surface area contributed by atoms with E-state index in [1.54, 1.807) is 0 Å². The summed E-state index contributed by atoms with van der Waals surface area (Å²) in [6, 6.07) is 2.35. The maximum absolute atomic E-state index is 13.5. The number of aromatic nitrogens is 2. The Kier molecular flexibility index (Phi) is 6.13. The van der Waals surface area contributed by atoms with Gasteiger partial charge < -0.3 is 21.5 Å². The van der Waals surface area contributed by atoms with Crippen LogP contribution in [0.4, 0.5) is 29.2 Å². The van der Waals surface area contributed by atoms with Crippen molar-refractivity contribution in [2.75, 3.05) is 18.1 Å². The minimum atomic E-state index is -5.00. The average molecular weight is 398 g/mol. The highest BCUT2D eigenvalue weighted by Gasteiger charge is 2.33. The highest BCUT2D eigenvalue weighted by molar-refractivity contribution is 6.47. The monoisotopic (exact) mass is 398 g/mol. The molecule has 0 saturated carbocycles. The minimum Gasteiger partial charge on any atom is -0.405 e. The fourth-order valence-electron chi connectivity index (χ4n) is 2.10. The number of anilines is 2. The lowest BCUT2D eigenvalue weighted by Crippen LogP contribution is -2.22. The molecule has 1 aromatic carbocycles. The van der Waals surface area contributed by atoms with E-state index >= 15 is 0 Å². The molecule has 0 spiro atoms. The summed E-state index contributed by atoms with van der Waals surface area (Å²) in [5.74, 6) is -2.68. The van der Waals surface area contributed by atoms with Crippen LogP contribution in [0.3, 0.4) is 0 Å². The second kappa shape index (κ2) is 8.33. The van der Waals surface area contributed by atoms with E-state index in [4.69, 9.17) is 11.5 Å². The van der Waals surface area contributed by atoms with Crippen LogP contribution in [-0.4, -0.2) is 35.0 Å². The van der Waals surface area contributed by atoms with Gasteiger partial charge in [0, 0.05) is 12.6 Å². The summed E-state index contributed by atoms with van der Waals surface area (Å²) >= 11 is 0. The number of halogens is 4. The van der Waals surface area contributed by atoms with E-state index in [2.05, 4.69) is 25.0 Å². The number of alkyl halides is 3. The molecule has 0 unspecified atom stereocenters. The summed E-state index contributed by atoms with van der Waals surface area (Å²) in [4.78, 5) is 23.4. The predicted molar refractivity (Wildman–Crippen MR) is 93.8 cm³/mol. The van der Waals surface area contributed by atoms with E-state index in [9.17, 15) is 22.4 Å². The smallest absolute Gasteiger partial charge is 0.405 e. The summed E-state index contributed by atoms with van der Waals surface area (Å²) in [6.45, 7) is 0. The van der Waals surface area contributed by atoms with Crippen LogP contribution in [0, 0.1) is 5.82 Å². The van der Waals surface area contributed by atoms with E-state index in [0.717, 1.165) is 30.6 Å².